The van der Waals surface area contributed by atoms with E-state index in [1.54, 1.807) is 4.90 Å². The number of benzene rings is 2. The maximum absolute atomic E-state index is 12.5. The van der Waals surface area contributed by atoms with Crippen LogP contribution in [-0.2, 0) is 13.0 Å². The minimum atomic E-state index is -0.389. The molecule has 1 aliphatic rings. The van der Waals surface area contributed by atoms with Crippen molar-refractivity contribution in [2.45, 2.75) is 13.0 Å². The standard InChI is InChI=1S/C16H16N2O3/c17-12-4-1-3-10-7-8-18(9-11(10)12)16(21)15-13(19)5-2-6-14(15)20/h1-6,19-20H,7-9,17H2. The Morgan fingerprint density at radius 2 is 1.76 bits per heavy atom. The van der Waals surface area contributed by atoms with E-state index in [4.69, 9.17) is 5.73 Å². The van der Waals surface area contributed by atoms with E-state index in [-0.39, 0.29) is 23.0 Å². The van der Waals surface area contributed by atoms with Crippen molar-refractivity contribution >= 4 is 11.6 Å². The van der Waals surface area contributed by atoms with E-state index >= 15 is 0 Å². The quantitative estimate of drug-likeness (QED) is 0.698. The van der Waals surface area contributed by atoms with E-state index in [2.05, 4.69) is 0 Å². The average molecular weight is 284 g/mol. The monoisotopic (exact) mass is 284 g/mol. The third-order valence-electron chi connectivity index (χ3n) is 3.83. The molecule has 1 aliphatic heterocycles. The molecule has 0 radical (unpaired) electrons. The predicted molar refractivity (Wildman–Crippen MR) is 79.1 cm³/mol. The zero-order valence-electron chi connectivity index (χ0n) is 11.4. The van der Waals surface area contributed by atoms with Gasteiger partial charge in [-0.2, -0.15) is 0 Å². The second-order valence-electron chi connectivity index (χ2n) is 5.13. The number of aromatic hydroxyl groups is 2. The second kappa shape index (κ2) is 5.01. The summed E-state index contributed by atoms with van der Waals surface area (Å²) in [6, 6.07) is 9.99. The van der Waals surface area contributed by atoms with Gasteiger partial charge < -0.3 is 20.8 Å². The summed E-state index contributed by atoms with van der Waals surface area (Å²) < 4.78 is 0. The number of amides is 1. The number of rotatable bonds is 1. The zero-order chi connectivity index (χ0) is 15.0. The minimum Gasteiger partial charge on any atom is -0.507 e. The van der Waals surface area contributed by atoms with Gasteiger partial charge in [-0.3, -0.25) is 4.79 Å². The molecule has 0 aromatic heterocycles. The minimum absolute atomic E-state index is 0.0598. The first kappa shape index (κ1) is 13.3. The van der Waals surface area contributed by atoms with E-state index in [9.17, 15) is 15.0 Å². The molecule has 2 aromatic carbocycles. The maximum Gasteiger partial charge on any atom is 0.261 e. The van der Waals surface area contributed by atoms with Gasteiger partial charge in [0, 0.05) is 18.8 Å². The number of carbonyl (C=O) groups is 1. The lowest BCUT2D eigenvalue weighted by molar-refractivity contribution is 0.0729. The summed E-state index contributed by atoms with van der Waals surface area (Å²) in [6.45, 7) is 0.914. The first-order valence-corrected chi connectivity index (χ1v) is 6.74. The molecule has 0 atom stereocenters. The van der Waals surface area contributed by atoms with Crippen LogP contribution in [0.5, 0.6) is 11.5 Å². The van der Waals surface area contributed by atoms with Crippen LogP contribution < -0.4 is 5.73 Å². The topological polar surface area (TPSA) is 86.8 Å². The molecule has 21 heavy (non-hydrogen) atoms. The Labute approximate surface area is 122 Å². The number of hydrogen-bond donors (Lipinski definition) is 3. The lowest BCUT2D eigenvalue weighted by atomic mass is 9.97. The van der Waals surface area contributed by atoms with Gasteiger partial charge in [0.1, 0.15) is 17.1 Å². The van der Waals surface area contributed by atoms with Crippen LogP contribution in [-0.4, -0.2) is 27.6 Å². The SMILES string of the molecule is Nc1cccc2c1CN(C(=O)c1c(O)cccc1O)CC2. The average Bonchev–Trinajstić information content (AvgIpc) is 2.47. The molecule has 2 aromatic rings. The summed E-state index contributed by atoms with van der Waals surface area (Å²) in [5.41, 5.74) is 8.64. The highest BCUT2D eigenvalue weighted by atomic mass is 16.3. The van der Waals surface area contributed by atoms with Crippen LogP contribution in [0.4, 0.5) is 5.69 Å². The van der Waals surface area contributed by atoms with Crippen LogP contribution in [0, 0.1) is 0 Å². The van der Waals surface area contributed by atoms with Gasteiger partial charge in [-0.25, -0.2) is 0 Å². The van der Waals surface area contributed by atoms with E-state index in [0.717, 1.165) is 11.1 Å². The number of nitrogens with two attached hydrogens (primary N) is 1. The highest BCUT2D eigenvalue weighted by molar-refractivity contribution is 5.99. The molecule has 4 N–H and O–H groups in total. The highest BCUT2D eigenvalue weighted by Gasteiger charge is 2.26. The fourth-order valence-corrected chi connectivity index (χ4v) is 2.69. The van der Waals surface area contributed by atoms with Crippen LogP contribution in [0.3, 0.4) is 0 Å². The largest absolute Gasteiger partial charge is 0.507 e. The molecule has 3 rings (SSSR count). The summed E-state index contributed by atoms with van der Waals surface area (Å²) in [5.74, 6) is -0.821. The van der Waals surface area contributed by atoms with Crippen molar-refractivity contribution in [3.8, 4) is 11.5 Å². The first-order valence-electron chi connectivity index (χ1n) is 6.74. The molecular weight excluding hydrogens is 268 g/mol. The maximum atomic E-state index is 12.5. The normalized spacial score (nSPS) is 13.8. The zero-order valence-corrected chi connectivity index (χ0v) is 11.4. The Morgan fingerprint density at radius 3 is 2.48 bits per heavy atom. The molecule has 108 valence electrons. The number of fused-ring (bicyclic) bond motifs is 1. The van der Waals surface area contributed by atoms with E-state index < -0.39 is 0 Å². The lowest BCUT2D eigenvalue weighted by Gasteiger charge is -2.30. The van der Waals surface area contributed by atoms with Crippen LogP contribution in [0.25, 0.3) is 0 Å². The third kappa shape index (κ3) is 2.27. The molecule has 0 fully saturated rings. The molecule has 0 saturated heterocycles. The summed E-state index contributed by atoms with van der Waals surface area (Å²) >= 11 is 0. The molecule has 0 aliphatic carbocycles. The fourth-order valence-electron chi connectivity index (χ4n) is 2.69. The van der Waals surface area contributed by atoms with Gasteiger partial charge in [0.2, 0.25) is 0 Å². The summed E-state index contributed by atoms with van der Waals surface area (Å²) in [6.07, 6.45) is 0.709. The van der Waals surface area contributed by atoms with Crippen molar-refractivity contribution in [1.82, 2.24) is 4.90 Å². The Balaban J connectivity index is 1.93. The van der Waals surface area contributed by atoms with Crippen LogP contribution in [0.1, 0.15) is 21.5 Å². The molecule has 1 amide bonds. The van der Waals surface area contributed by atoms with Gasteiger partial charge in [0.15, 0.2) is 0 Å². The number of anilines is 1. The van der Waals surface area contributed by atoms with E-state index in [1.165, 1.54) is 18.2 Å². The first-order chi connectivity index (χ1) is 10.1. The van der Waals surface area contributed by atoms with Crippen LogP contribution in [0.2, 0.25) is 0 Å². The Kier molecular flexibility index (Phi) is 3.17. The van der Waals surface area contributed by atoms with Crippen molar-refractivity contribution < 1.29 is 15.0 Å². The van der Waals surface area contributed by atoms with Gasteiger partial charge in [-0.05, 0) is 35.7 Å². The number of nitrogen functional groups attached to an aromatic ring is 1. The molecular formula is C16H16N2O3. The van der Waals surface area contributed by atoms with Crippen LogP contribution >= 0.6 is 0 Å². The van der Waals surface area contributed by atoms with Crippen molar-refractivity contribution in [1.29, 1.82) is 0 Å². The van der Waals surface area contributed by atoms with Gasteiger partial charge in [-0.1, -0.05) is 18.2 Å². The Hall–Kier alpha value is -2.69. The molecule has 0 spiro atoms. The van der Waals surface area contributed by atoms with Crippen LogP contribution in [0.15, 0.2) is 36.4 Å². The molecule has 1 heterocycles. The fraction of sp³-hybridized carbons (Fsp3) is 0.188. The van der Waals surface area contributed by atoms with Gasteiger partial charge in [0.25, 0.3) is 5.91 Å². The Morgan fingerprint density at radius 1 is 1.10 bits per heavy atom. The predicted octanol–water partition coefficient (Wildman–Crippen LogP) is 1.88. The highest BCUT2D eigenvalue weighted by Crippen LogP contribution is 2.31. The van der Waals surface area contributed by atoms with E-state index in [0.29, 0.717) is 25.2 Å². The molecule has 0 saturated carbocycles. The number of phenols is 2. The van der Waals surface area contributed by atoms with Gasteiger partial charge >= 0.3 is 0 Å². The number of carbonyl (C=O) groups excluding carboxylic acids is 1. The van der Waals surface area contributed by atoms with Crippen molar-refractivity contribution in [2.24, 2.45) is 0 Å². The van der Waals surface area contributed by atoms with Gasteiger partial charge in [0.05, 0.1) is 0 Å². The van der Waals surface area contributed by atoms with Gasteiger partial charge in [-0.15, -0.1) is 0 Å². The third-order valence-corrected chi connectivity index (χ3v) is 3.83. The summed E-state index contributed by atoms with van der Waals surface area (Å²) in [4.78, 5) is 14.1. The summed E-state index contributed by atoms with van der Waals surface area (Å²) in [5, 5.41) is 19.6. The number of hydrogen-bond acceptors (Lipinski definition) is 4. The molecule has 5 nitrogen and oxygen atoms in total. The molecule has 0 bridgehead atoms. The second-order valence-corrected chi connectivity index (χ2v) is 5.13. The van der Waals surface area contributed by atoms with E-state index in [1.807, 2.05) is 18.2 Å². The molecule has 0 unspecified atom stereocenters. The lowest BCUT2D eigenvalue weighted by Crippen LogP contribution is -2.36. The van der Waals surface area contributed by atoms with Crippen molar-refractivity contribution in [3.05, 3.63) is 53.1 Å². The Bertz CT molecular complexity index is 692. The smallest absolute Gasteiger partial charge is 0.261 e. The summed E-state index contributed by atoms with van der Waals surface area (Å²) in [7, 11) is 0. The number of phenolic OH excluding ortho intramolecular Hbond substituents is 2. The number of nitrogens with zero attached hydrogens (tertiary/aromatic N) is 1. The molecule has 5 heteroatoms. The van der Waals surface area contributed by atoms with Crippen molar-refractivity contribution in [3.63, 3.8) is 0 Å². The van der Waals surface area contributed by atoms with Crippen molar-refractivity contribution in [2.75, 3.05) is 12.3 Å².